The first-order chi connectivity index (χ1) is 13.6. The Hall–Kier alpha value is -3.19. The van der Waals surface area contributed by atoms with Crippen LogP contribution in [-0.2, 0) is 0 Å². The van der Waals surface area contributed by atoms with Gasteiger partial charge in [0.15, 0.2) is 5.82 Å². The monoisotopic (exact) mass is 380 g/mol. The average Bonchev–Trinajstić information content (AvgIpc) is 2.74. The largest absolute Gasteiger partial charge is 0.492 e. The number of anilines is 1. The first-order valence-corrected chi connectivity index (χ1v) is 9.36. The summed E-state index contributed by atoms with van der Waals surface area (Å²) in [5.74, 6) is 0.732. The lowest BCUT2D eigenvalue weighted by Gasteiger charge is -2.18. The zero-order chi connectivity index (χ0) is 19.9. The Labute approximate surface area is 163 Å². The van der Waals surface area contributed by atoms with Crippen molar-refractivity contribution in [3.05, 3.63) is 64.4 Å². The molecule has 2 N–H and O–H groups in total. The number of hydrogen-bond donors (Lipinski definition) is 2. The standard InChI is InChI=1S/C21H24N4O3/c1-3-25(4-2)13-14-28-16-11-9-15(10-12-16)20(26)22-19-17-7-5-6-8-18(17)21(27)24-23-19/h5-12H,3-4,13-14H2,1-2H3,(H,24,27)(H,22,23,26). The minimum Gasteiger partial charge on any atom is -0.492 e. The van der Waals surface area contributed by atoms with Crippen molar-refractivity contribution in [2.24, 2.45) is 0 Å². The summed E-state index contributed by atoms with van der Waals surface area (Å²) < 4.78 is 5.74. The van der Waals surface area contributed by atoms with E-state index in [1.807, 2.05) is 0 Å². The number of carbonyl (C=O) groups excluding carboxylic acids is 1. The Morgan fingerprint density at radius 2 is 1.75 bits per heavy atom. The van der Waals surface area contributed by atoms with Crippen LogP contribution in [0.5, 0.6) is 5.75 Å². The molecule has 28 heavy (non-hydrogen) atoms. The summed E-state index contributed by atoms with van der Waals surface area (Å²) in [5, 5.41) is 10.2. The van der Waals surface area contributed by atoms with E-state index >= 15 is 0 Å². The molecule has 0 radical (unpaired) electrons. The van der Waals surface area contributed by atoms with Crippen LogP contribution in [0.3, 0.4) is 0 Å². The number of hydrogen-bond acceptors (Lipinski definition) is 5. The van der Waals surface area contributed by atoms with Gasteiger partial charge in [-0.05, 0) is 43.4 Å². The van der Waals surface area contributed by atoms with Crippen LogP contribution in [0.1, 0.15) is 24.2 Å². The van der Waals surface area contributed by atoms with E-state index in [1.165, 1.54) is 0 Å². The van der Waals surface area contributed by atoms with E-state index in [2.05, 4.69) is 34.3 Å². The van der Waals surface area contributed by atoms with Crippen LogP contribution in [0, 0.1) is 0 Å². The topological polar surface area (TPSA) is 87.3 Å². The maximum Gasteiger partial charge on any atom is 0.272 e. The molecule has 0 saturated heterocycles. The highest BCUT2D eigenvalue weighted by atomic mass is 16.5. The Balaban J connectivity index is 1.66. The SMILES string of the molecule is CCN(CC)CCOc1ccc(C(=O)Nc2n[nH]c(=O)c3ccccc23)cc1. The second kappa shape index (κ2) is 9.14. The molecule has 0 bridgehead atoms. The third-order valence-electron chi connectivity index (χ3n) is 4.62. The molecule has 0 spiro atoms. The molecule has 0 saturated carbocycles. The maximum atomic E-state index is 12.5. The Morgan fingerprint density at radius 3 is 2.43 bits per heavy atom. The summed E-state index contributed by atoms with van der Waals surface area (Å²) in [5.41, 5.74) is 0.188. The number of likely N-dealkylation sites (N-methyl/N-ethyl adjacent to an activating group) is 1. The number of amides is 1. The molecule has 3 rings (SSSR count). The third-order valence-corrected chi connectivity index (χ3v) is 4.62. The number of nitrogens with zero attached hydrogens (tertiary/aromatic N) is 2. The summed E-state index contributed by atoms with van der Waals surface area (Å²) in [6.45, 7) is 7.69. The molecule has 7 nitrogen and oxygen atoms in total. The molecule has 0 aliphatic rings. The highest BCUT2D eigenvalue weighted by Gasteiger charge is 2.11. The summed E-state index contributed by atoms with van der Waals surface area (Å²) in [6, 6.07) is 14.0. The van der Waals surface area contributed by atoms with E-state index in [1.54, 1.807) is 48.5 Å². The smallest absolute Gasteiger partial charge is 0.272 e. The van der Waals surface area contributed by atoms with E-state index in [0.29, 0.717) is 28.8 Å². The van der Waals surface area contributed by atoms with Gasteiger partial charge in [0.1, 0.15) is 12.4 Å². The van der Waals surface area contributed by atoms with Gasteiger partial charge in [-0.25, -0.2) is 5.10 Å². The van der Waals surface area contributed by atoms with Crippen LogP contribution < -0.4 is 15.6 Å². The molecule has 1 heterocycles. The Bertz CT molecular complexity index is 994. The quantitative estimate of drug-likeness (QED) is 0.627. The van der Waals surface area contributed by atoms with Crippen molar-refractivity contribution in [3.63, 3.8) is 0 Å². The zero-order valence-corrected chi connectivity index (χ0v) is 16.1. The number of rotatable bonds is 8. The van der Waals surface area contributed by atoms with Crippen LogP contribution in [0.25, 0.3) is 10.8 Å². The van der Waals surface area contributed by atoms with E-state index in [-0.39, 0.29) is 11.5 Å². The first-order valence-electron chi connectivity index (χ1n) is 9.36. The van der Waals surface area contributed by atoms with Gasteiger partial charge < -0.3 is 15.0 Å². The minimum absolute atomic E-state index is 0.292. The average molecular weight is 380 g/mol. The van der Waals surface area contributed by atoms with Gasteiger partial charge >= 0.3 is 0 Å². The summed E-state index contributed by atoms with van der Waals surface area (Å²) >= 11 is 0. The van der Waals surface area contributed by atoms with Crippen molar-refractivity contribution < 1.29 is 9.53 Å². The zero-order valence-electron chi connectivity index (χ0n) is 16.1. The number of benzene rings is 2. The van der Waals surface area contributed by atoms with Gasteiger partial charge in [0.25, 0.3) is 11.5 Å². The van der Waals surface area contributed by atoms with Crippen LogP contribution in [0.15, 0.2) is 53.3 Å². The van der Waals surface area contributed by atoms with Gasteiger partial charge in [0.05, 0.1) is 5.39 Å². The molecule has 1 aromatic heterocycles. The third kappa shape index (κ3) is 4.55. The van der Waals surface area contributed by atoms with Crippen molar-refractivity contribution in [1.29, 1.82) is 0 Å². The molecule has 3 aromatic rings. The fourth-order valence-electron chi connectivity index (χ4n) is 2.92. The number of carbonyl (C=O) groups is 1. The van der Waals surface area contributed by atoms with Crippen molar-refractivity contribution in [3.8, 4) is 5.75 Å². The number of H-pyrrole nitrogens is 1. The number of fused-ring (bicyclic) bond motifs is 1. The van der Waals surface area contributed by atoms with Crippen molar-refractivity contribution in [2.75, 3.05) is 31.6 Å². The van der Waals surface area contributed by atoms with Crippen LogP contribution in [0.4, 0.5) is 5.82 Å². The molecule has 0 fully saturated rings. The van der Waals surface area contributed by atoms with E-state index in [9.17, 15) is 9.59 Å². The number of nitrogens with one attached hydrogen (secondary N) is 2. The second-order valence-corrected chi connectivity index (χ2v) is 6.30. The Morgan fingerprint density at radius 1 is 1.07 bits per heavy atom. The van der Waals surface area contributed by atoms with Crippen molar-refractivity contribution in [2.45, 2.75) is 13.8 Å². The molecule has 0 aliphatic heterocycles. The van der Waals surface area contributed by atoms with E-state index in [4.69, 9.17) is 4.74 Å². The lowest BCUT2D eigenvalue weighted by atomic mass is 10.1. The highest BCUT2D eigenvalue weighted by molar-refractivity contribution is 6.07. The molecule has 7 heteroatoms. The predicted octanol–water partition coefficient (Wildman–Crippen LogP) is 2.90. The molecular formula is C21H24N4O3. The van der Waals surface area contributed by atoms with E-state index < -0.39 is 0 Å². The lowest BCUT2D eigenvalue weighted by Crippen LogP contribution is -2.27. The van der Waals surface area contributed by atoms with Gasteiger partial charge in [-0.1, -0.05) is 32.0 Å². The second-order valence-electron chi connectivity index (χ2n) is 6.30. The fraction of sp³-hybridized carbons (Fsp3) is 0.286. The molecule has 0 unspecified atom stereocenters. The normalized spacial score (nSPS) is 11.0. The fourth-order valence-corrected chi connectivity index (χ4v) is 2.92. The molecule has 1 amide bonds. The summed E-state index contributed by atoms with van der Waals surface area (Å²) in [4.78, 5) is 26.7. The summed E-state index contributed by atoms with van der Waals surface area (Å²) in [7, 11) is 0. The number of aromatic nitrogens is 2. The lowest BCUT2D eigenvalue weighted by molar-refractivity contribution is 0.102. The Kier molecular flexibility index (Phi) is 6.39. The molecule has 2 aromatic carbocycles. The minimum atomic E-state index is -0.306. The van der Waals surface area contributed by atoms with Crippen molar-refractivity contribution in [1.82, 2.24) is 15.1 Å². The first kappa shape index (κ1) is 19.6. The van der Waals surface area contributed by atoms with E-state index in [0.717, 1.165) is 25.4 Å². The molecule has 0 aliphatic carbocycles. The van der Waals surface area contributed by atoms with Crippen LogP contribution in [-0.4, -0.2) is 47.2 Å². The number of aromatic amines is 1. The maximum absolute atomic E-state index is 12.5. The van der Waals surface area contributed by atoms with Gasteiger partial charge in [-0.2, -0.15) is 5.10 Å². The van der Waals surface area contributed by atoms with Gasteiger partial charge in [-0.3, -0.25) is 9.59 Å². The van der Waals surface area contributed by atoms with Crippen LogP contribution >= 0.6 is 0 Å². The number of ether oxygens (including phenoxy) is 1. The van der Waals surface area contributed by atoms with Crippen molar-refractivity contribution >= 4 is 22.5 Å². The van der Waals surface area contributed by atoms with Gasteiger partial charge in [-0.15, -0.1) is 0 Å². The highest BCUT2D eigenvalue weighted by Crippen LogP contribution is 2.18. The predicted molar refractivity (Wildman–Crippen MR) is 110 cm³/mol. The molecule has 0 atom stereocenters. The van der Waals surface area contributed by atoms with Crippen LogP contribution in [0.2, 0.25) is 0 Å². The molecule has 146 valence electrons. The van der Waals surface area contributed by atoms with Gasteiger partial charge in [0, 0.05) is 17.5 Å². The summed E-state index contributed by atoms with van der Waals surface area (Å²) in [6.07, 6.45) is 0. The van der Waals surface area contributed by atoms with Gasteiger partial charge in [0.2, 0.25) is 0 Å². The molecular weight excluding hydrogens is 356 g/mol.